The summed E-state index contributed by atoms with van der Waals surface area (Å²) in [5, 5.41) is 3.42. The van der Waals surface area contributed by atoms with E-state index in [1.165, 1.54) is 25.4 Å². The predicted molar refractivity (Wildman–Crippen MR) is 86.5 cm³/mol. The molecule has 1 aromatic heterocycles. The molecule has 0 aliphatic heterocycles. The van der Waals surface area contributed by atoms with Gasteiger partial charge in [-0.2, -0.15) is 0 Å². The number of rotatable bonds is 3. The molecule has 0 amide bonds. The molecule has 0 fully saturated rings. The fraction of sp³-hybridized carbons (Fsp3) is 0.286. The molecule has 2 aromatic rings. The van der Waals surface area contributed by atoms with E-state index in [2.05, 4.69) is 75.3 Å². The summed E-state index contributed by atoms with van der Waals surface area (Å²) < 4.78 is 2.34. The van der Waals surface area contributed by atoms with Crippen LogP contribution >= 0.6 is 43.2 Å². The van der Waals surface area contributed by atoms with E-state index in [1.807, 2.05) is 7.05 Å². The summed E-state index contributed by atoms with van der Waals surface area (Å²) in [5.74, 6) is 0. The summed E-state index contributed by atoms with van der Waals surface area (Å²) in [6.45, 7) is 4.32. The first kappa shape index (κ1) is 14.3. The van der Waals surface area contributed by atoms with Gasteiger partial charge in [0.2, 0.25) is 0 Å². The maximum absolute atomic E-state index is 3.61. The monoisotopic (exact) mass is 387 g/mol. The van der Waals surface area contributed by atoms with Crippen LogP contribution in [0.15, 0.2) is 32.5 Å². The Hall–Kier alpha value is -0.160. The first-order chi connectivity index (χ1) is 8.54. The normalized spacial score (nSPS) is 12.7. The van der Waals surface area contributed by atoms with E-state index >= 15 is 0 Å². The van der Waals surface area contributed by atoms with Crippen LogP contribution < -0.4 is 5.32 Å². The molecule has 0 aliphatic carbocycles. The second-order valence-electron chi connectivity index (χ2n) is 4.24. The van der Waals surface area contributed by atoms with E-state index in [-0.39, 0.29) is 6.04 Å². The lowest BCUT2D eigenvalue weighted by atomic mass is 9.96. The van der Waals surface area contributed by atoms with Gasteiger partial charge in [-0.3, -0.25) is 0 Å². The highest BCUT2D eigenvalue weighted by atomic mass is 79.9. The van der Waals surface area contributed by atoms with Crippen molar-refractivity contribution in [3.63, 3.8) is 0 Å². The molecule has 0 aliphatic rings. The van der Waals surface area contributed by atoms with Crippen molar-refractivity contribution in [2.45, 2.75) is 19.9 Å². The van der Waals surface area contributed by atoms with Crippen LogP contribution in [0, 0.1) is 13.8 Å². The van der Waals surface area contributed by atoms with Crippen LogP contribution in [0.1, 0.15) is 27.6 Å². The molecule has 4 heteroatoms. The molecular weight excluding hydrogens is 374 g/mol. The molecule has 0 spiro atoms. The Balaban J connectivity index is 2.52. The van der Waals surface area contributed by atoms with Crippen molar-refractivity contribution in [3.8, 4) is 0 Å². The highest BCUT2D eigenvalue weighted by Crippen LogP contribution is 2.35. The van der Waals surface area contributed by atoms with Gasteiger partial charge < -0.3 is 5.32 Å². The molecule has 96 valence electrons. The largest absolute Gasteiger partial charge is 0.309 e. The van der Waals surface area contributed by atoms with E-state index in [1.54, 1.807) is 11.3 Å². The molecule has 1 N–H and O–H groups in total. The van der Waals surface area contributed by atoms with Crippen LogP contribution in [0.25, 0.3) is 0 Å². The second kappa shape index (κ2) is 5.87. The second-order valence-corrected chi connectivity index (χ2v) is 7.73. The van der Waals surface area contributed by atoms with Gasteiger partial charge in [-0.05, 0) is 65.6 Å². The third-order valence-electron chi connectivity index (χ3n) is 3.15. The van der Waals surface area contributed by atoms with Gasteiger partial charge in [0, 0.05) is 9.35 Å². The first-order valence-corrected chi connectivity index (χ1v) is 8.13. The third kappa shape index (κ3) is 2.72. The molecule has 0 bridgehead atoms. The van der Waals surface area contributed by atoms with Gasteiger partial charge in [-0.1, -0.05) is 28.1 Å². The van der Waals surface area contributed by atoms with Gasteiger partial charge in [0.1, 0.15) is 0 Å². The van der Waals surface area contributed by atoms with Gasteiger partial charge in [0.25, 0.3) is 0 Å². The van der Waals surface area contributed by atoms with Crippen LogP contribution in [0.2, 0.25) is 0 Å². The van der Waals surface area contributed by atoms with Crippen molar-refractivity contribution in [1.29, 1.82) is 0 Å². The summed E-state index contributed by atoms with van der Waals surface area (Å²) in [7, 11) is 2.01. The van der Waals surface area contributed by atoms with Crippen molar-refractivity contribution >= 4 is 43.2 Å². The lowest BCUT2D eigenvalue weighted by Crippen LogP contribution is -2.19. The molecule has 1 heterocycles. The smallest absolute Gasteiger partial charge is 0.0704 e. The summed E-state index contributed by atoms with van der Waals surface area (Å²) in [6.07, 6.45) is 0. The zero-order chi connectivity index (χ0) is 13.3. The van der Waals surface area contributed by atoms with Crippen molar-refractivity contribution in [3.05, 3.63) is 54.1 Å². The lowest BCUT2D eigenvalue weighted by molar-refractivity contribution is 0.686. The molecule has 18 heavy (non-hydrogen) atoms. The molecule has 1 nitrogen and oxygen atoms in total. The number of hydrogen-bond acceptors (Lipinski definition) is 2. The molecule has 0 saturated heterocycles. The minimum absolute atomic E-state index is 0.241. The summed E-state index contributed by atoms with van der Waals surface area (Å²) in [6, 6.07) is 8.81. The fourth-order valence-electron chi connectivity index (χ4n) is 2.16. The molecule has 0 saturated carbocycles. The predicted octanol–water partition coefficient (Wildman–Crippen LogP) is 5.20. The minimum Gasteiger partial charge on any atom is -0.309 e. The maximum atomic E-state index is 3.61. The number of nitrogens with one attached hydrogen (secondary N) is 1. The topological polar surface area (TPSA) is 12.0 Å². The average molecular weight is 389 g/mol. The highest BCUT2D eigenvalue weighted by Gasteiger charge is 2.19. The van der Waals surface area contributed by atoms with E-state index in [4.69, 9.17) is 0 Å². The van der Waals surface area contributed by atoms with E-state index < -0.39 is 0 Å². The number of halogens is 2. The van der Waals surface area contributed by atoms with E-state index in [0.29, 0.717) is 0 Å². The van der Waals surface area contributed by atoms with Crippen molar-refractivity contribution < 1.29 is 0 Å². The maximum Gasteiger partial charge on any atom is 0.0704 e. The molecular formula is C14H15Br2NS. The van der Waals surface area contributed by atoms with Crippen LogP contribution in [0.5, 0.6) is 0 Å². The number of thiophene rings is 1. The third-order valence-corrected chi connectivity index (χ3v) is 5.57. The zero-order valence-corrected chi connectivity index (χ0v) is 14.5. The summed E-state index contributed by atoms with van der Waals surface area (Å²) in [4.78, 5) is 1.35. The van der Waals surface area contributed by atoms with Gasteiger partial charge in [0.15, 0.2) is 0 Å². The van der Waals surface area contributed by atoms with Crippen LogP contribution in [-0.2, 0) is 0 Å². The van der Waals surface area contributed by atoms with Crippen molar-refractivity contribution in [1.82, 2.24) is 5.32 Å². The molecule has 1 aromatic carbocycles. The van der Waals surface area contributed by atoms with Crippen LogP contribution in [0.3, 0.4) is 0 Å². The van der Waals surface area contributed by atoms with Gasteiger partial charge in [0.05, 0.1) is 9.83 Å². The average Bonchev–Trinajstić information content (AvgIpc) is 2.65. The van der Waals surface area contributed by atoms with Gasteiger partial charge >= 0.3 is 0 Å². The summed E-state index contributed by atoms with van der Waals surface area (Å²) in [5.41, 5.74) is 3.95. The number of hydrogen-bond donors (Lipinski definition) is 1. The van der Waals surface area contributed by atoms with Crippen LogP contribution in [0.4, 0.5) is 0 Å². The van der Waals surface area contributed by atoms with Gasteiger partial charge in [-0.25, -0.2) is 0 Å². The fourth-order valence-corrected chi connectivity index (χ4v) is 4.29. The summed E-state index contributed by atoms with van der Waals surface area (Å²) >= 11 is 8.96. The van der Waals surface area contributed by atoms with Crippen molar-refractivity contribution in [2.75, 3.05) is 7.05 Å². The van der Waals surface area contributed by atoms with Crippen LogP contribution in [-0.4, -0.2) is 7.05 Å². The molecule has 1 unspecified atom stereocenters. The quantitative estimate of drug-likeness (QED) is 0.761. The Morgan fingerprint density at radius 1 is 1.17 bits per heavy atom. The Labute approximate surface area is 129 Å². The Morgan fingerprint density at radius 3 is 2.44 bits per heavy atom. The standard InChI is InChI=1S/C14H15Br2NS/c1-8-10(5-4-6-12(8)15)14(17-3)11-7-13(16)18-9(11)2/h4-7,14,17H,1-3H3. The Morgan fingerprint density at radius 2 is 1.89 bits per heavy atom. The lowest BCUT2D eigenvalue weighted by Gasteiger charge is -2.19. The Kier molecular flexibility index (Phi) is 4.64. The van der Waals surface area contributed by atoms with E-state index in [0.717, 1.165) is 4.47 Å². The zero-order valence-electron chi connectivity index (χ0n) is 10.6. The highest BCUT2D eigenvalue weighted by molar-refractivity contribution is 9.11. The van der Waals surface area contributed by atoms with Gasteiger partial charge in [-0.15, -0.1) is 11.3 Å². The Bertz CT molecular complexity index is 563. The number of aryl methyl sites for hydroxylation is 1. The molecule has 2 rings (SSSR count). The minimum atomic E-state index is 0.241. The first-order valence-electron chi connectivity index (χ1n) is 5.72. The van der Waals surface area contributed by atoms with E-state index in [9.17, 15) is 0 Å². The number of benzene rings is 1. The molecule has 0 radical (unpaired) electrons. The van der Waals surface area contributed by atoms with Crippen molar-refractivity contribution in [2.24, 2.45) is 0 Å². The molecule has 1 atom stereocenters. The SMILES string of the molecule is CNC(c1cc(Br)sc1C)c1cccc(Br)c1C.